The summed E-state index contributed by atoms with van der Waals surface area (Å²) in [6.07, 6.45) is 7.24. The van der Waals surface area contributed by atoms with Crippen molar-refractivity contribution in [2.24, 2.45) is 0 Å². The van der Waals surface area contributed by atoms with Crippen molar-refractivity contribution in [1.82, 2.24) is 19.7 Å². The molecule has 0 aliphatic carbocycles. The van der Waals surface area contributed by atoms with Crippen LogP contribution in [0.15, 0.2) is 17.5 Å². The number of likely N-dealkylation sites (tertiary alicyclic amines) is 1. The number of fused-ring (bicyclic) bond motifs is 1. The third-order valence-corrected chi connectivity index (χ3v) is 5.79. The standard InChI is InChI=1S/C17H22N4OS/c22-16(12-13-6-5-11-23-13)20-10-4-7-14(20)17-19-18-15-8-2-1-3-9-21(15)17/h5-6,11,14H,1-4,7-10,12H2/t14-/m1/s1. The first-order valence-electron chi connectivity index (χ1n) is 8.57. The van der Waals surface area contributed by atoms with E-state index < -0.39 is 0 Å². The molecule has 2 aliphatic rings. The minimum absolute atomic E-state index is 0.113. The van der Waals surface area contributed by atoms with Crippen LogP contribution >= 0.6 is 11.3 Å². The van der Waals surface area contributed by atoms with Gasteiger partial charge in [-0.15, -0.1) is 21.5 Å². The quantitative estimate of drug-likeness (QED) is 0.869. The number of rotatable bonds is 3. The maximum Gasteiger partial charge on any atom is 0.228 e. The molecule has 1 saturated heterocycles. The van der Waals surface area contributed by atoms with E-state index in [2.05, 4.69) is 14.8 Å². The highest BCUT2D eigenvalue weighted by Crippen LogP contribution is 2.33. The Morgan fingerprint density at radius 2 is 2.17 bits per heavy atom. The number of carbonyl (C=O) groups excluding carboxylic acids is 1. The van der Waals surface area contributed by atoms with Crippen molar-refractivity contribution in [2.45, 2.75) is 57.5 Å². The van der Waals surface area contributed by atoms with E-state index in [-0.39, 0.29) is 11.9 Å². The van der Waals surface area contributed by atoms with Crippen molar-refractivity contribution in [3.63, 3.8) is 0 Å². The van der Waals surface area contributed by atoms with Gasteiger partial charge in [0, 0.05) is 24.4 Å². The minimum Gasteiger partial charge on any atom is -0.332 e. The molecule has 0 N–H and O–H groups in total. The molecule has 2 aliphatic heterocycles. The average Bonchev–Trinajstić information content (AvgIpc) is 3.26. The van der Waals surface area contributed by atoms with Crippen LogP contribution in [0.4, 0.5) is 0 Å². The fourth-order valence-electron chi connectivity index (χ4n) is 3.75. The van der Waals surface area contributed by atoms with Crippen LogP contribution in [0, 0.1) is 0 Å². The Morgan fingerprint density at radius 3 is 3.04 bits per heavy atom. The molecule has 4 heterocycles. The first-order valence-corrected chi connectivity index (χ1v) is 9.45. The van der Waals surface area contributed by atoms with E-state index in [4.69, 9.17) is 0 Å². The molecule has 0 saturated carbocycles. The Kier molecular flexibility index (Phi) is 4.16. The topological polar surface area (TPSA) is 51.0 Å². The maximum absolute atomic E-state index is 12.7. The zero-order valence-electron chi connectivity index (χ0n) is 13.3. The molecule has 2 aromatic heterocycles. The summed E-state index contributed by atoms with van der Waals surface area (Å²) in [4.78, 5) is 15.9. The molecule has 0 radical (unpaired) electrons. The highest BCUT2D eigenvalue weighted by molar-refractivity contribution is 7.10. The highest BCUT2D eigenvalue weighted by Gasteiger charge is 2.34. The summed E-state index contributed by atoms with van der Waals surface area (Å²) >= 11 is 1.65. The highest BCUT2D eigenvalue weighted by atomic mass is 32.1. The normalized spacial score (nSPS) is 21.2. The van der Waals surface area contributed by atoms with Crippen LogP contribution in [0.2, 0.25) is 0 Å². The number of nitrogens with zero attached hydrogens (tertiary/aromatic N) is 4. The molecule has 1 fully saturated rings. The smallest absolute Gasteiger partial charge is 0.228 e. The summed E-state index contributed by atoms with van der Waals surface area (Å²) in [5.41, 5.74) is 0. The zero-order valence-corrected chi connectivity index (χ0v) is 14.1. The van der Waals surface area contributed by atoms with Crippen LogP contribution in [0.1, 0.15) is 54.7 Å². The van der Waals surface area contributed by atoms with E-state index >= 15 is 0 Å². The van der Waals surface area contributed by atoms with Gasteiger partial charge in [-0.3, -0.25) is 4.79 Å². The van der Waals surface area contributed by atoms with Gasteiger partial charge in [0.05, 0.1) is 12.5 Å². The number of carbonyl (C=O) groups is 1. The molecule has 1 amide bonds. The van der Waals surface area contributed by atoms with Gasteiger partial charge in [0.2, 0.25) is 5.91 Å². The van der Waals surface area contributed by atoms with Gasteiger partial charge in [-0.05, 0) is 37.1 Å². The van der Waals surface area contributed by atoms with Gasteiger partial charge >= 0.3 is 0 Å². The van der Waals surface area contributed by atoms with Crippen molar-refractivity contribution in [1.29, 1.82) is 0 Å². The SMILES string of the molecule is O=C(Cc1cccs1)N1CCC[C@@H]1c1nnc2n1CCCCC2. The summed E-state index contributed by atoms with van der Waals surface area (Å²) in [5, 5.41) is 10.9. The molecule has 0 spiro atoms. The van der Waals surface area contributed by atoms with E-state index in [0.29, 0.717) is 6.42 Å². The molecule has 23 heavy (non-hydrogen) atoms. The molecule has 122 valence electrons. The molecule has 1 atom stereocenters. The molecule has 6 heteroatoms. The van der Waals surface area contributed by atoms with Crippen molar-refractivity contribution >= 4 is 17.2 Å². The molecule has 4 rings (SSSR count). The number of amides is 1. The summed E-state index contributed by atoms with van der Waals surface area (Å²) in [6.45, 7) is 1.85. The van der Waals surface area contributed by atoms with E-state index in [1.165, 1.54) is 19.3 Å². The van der Waals surface area contributed by atoms with Crippen molar-refractivity contribution in [3.05, 3.63) is 34.0 Å². The largest absolute Gasteiger partial charge is 0.332 e. The van der Waals surface area contributed by atoms with Gasteiger partial charge < -0.3 is 9.47 Å². The van der Waals surface area contributed by atoms with Crippen molar-refractivity contribution in [2.75, 3.05) is 6.54 Å². The number of aromatic nitrogens is 3. The molecule has 0 aromatic carbocycles. The Morgan fingerprint density at radius 1 is 1.22 bits per heavy atom. The van der Waals surface area contributed by atoms with E-state index in [0.717, 1.165) is 48.9 Å². The van der Waals surface area contributed by atoms with E-state index in [1.54, 1.807) is 11.3 Å². The molecule has 0 bridgehead atoms. The minimum atomic E-state index is 0.113. The van der Waals surface area contributed by atoms with Crippen LogP contribution in [0.3, 0.4) is 0 Å². The molecule has 0 unspecified atom stereocenters. The van der Waals surface area contributed by atoms with Gasteiger partial charge in [-0.1, -0.05) is 12.5 Å². The fourth-order valence-corrected chi connectivity index (χ4v) is 4.45. The van der Waals surface area contributed by atoms with Crippen LogP contribution < -0.4 is 0 Å². The third-order valence-electron chi connectivity index (χ3n) is 4.91. The van der Waals surface area contributed by atoms with Gasteiger partial charge in [-0.2, -0.15) is 0 Å². The van der Waals surface area contributed by atoms with Gasteiger partial charge in [0.25, 0.3) is 0 Å². The molecular weight excluding hydrogens is 308 g/mol. The molecule has 5 nitrogen and oxygen atoms in total. The first-order chi connectivity index (χ1) is 11.3. The predicted molar refractivity (Wildman–Crippen MR) is 89.3 cm³/mol. The van der Waals surface area contributed by atoms with Gasteiger partial charge in [0.15, 0.2) is 5.82 Å². The lowest BCUT2D eigenvalue weighted by molar-refractivity contribution is -0.131. The van der Waals surface area contributed by atoms with Crippen molar-refractivity contribution < 1.29 is 4.79 Å². The number of aryl methyl sites for hydroxylation is 1. The Balaban J connectivity index is 1.56. The van der Waals surface area contributed by atoms with E-state index in [1.807, 2.05) is 22.4 Å². The summed E-state index contributed by atoms with van der Waals surface area (Å²) in [5.74, 6) is 2.34. The van der Waals surface area contributed by atoms with E-state index in [9.17, 15) is 4.79 Å². The third kappa shape index (κ3) is 2.92. The summed E-state index contributed by atoms with van der Waals surface area (Å²) < 4.78 is 2.29. The summed E-state index contributed by atoms with van der Waals surface area (Å²) in [6, 6.07) is 4.16. The first kappa shape index (κ1) is 14.9. The van der Waals surface area contributed by atoms with Gasteiger partial charge in [-0.25, -0.2) is 0 Å². The Hall–Kier alpha value is -1.69. The molecule has 2 aromatic rings. The second kappa shape index (κ2) is 6.43. The zero-order chi connectivity index (χ0) is 15.6. The van der Waals surface area contributed by atoms with Crippen LogP contribution in [0.25, 0.3) is 0 Å². The lowest BCUT2D eigenvalue weighted by Gasteiger charge is -2.24. The number of hydrogen-bond donors (Lipinski definition) is 0. The number of hydrogen-bond acceptors (Lipinski definition) is 4. The molecular formula is C17H22N4OS. The summed E-state index contributed by atoms with van der Waals surface area (Å²) in [7, 11) is 0. The number of thiophene rings is 1. The Labute approximate surface area is 140 Å². The average molecular weight is 330 g/mol. The fraction of sp³-hybridized carbons (Fsp3) is 0.588. The maximum atomic E-state index is 12.7. The van der Waals surface area contributed by atoms with Crippen LogP contribution in [-0.4, -0.2) is 32.1 Å². The Bertz CT molecular complexity index is 679. The van der Waals surface area contributed by atoms with Crippen molar-refractivity contribution in [3.8, 4) is 0 Å². The lowest BCUT2D eigenvalue weighted by Crippen LogP contribution is -2.33. The monoisotopic (exact) mass is 330 g/mol. The predicted octanol–water partition coefficient (Wildman–Crippen LogP) is 2.97. The van der Waals surface area contributed by atoms with Crippen LogP contribution in [0.5, 0.6) is 0 Å². The lowest BCUT2D eigenvalue weighted by atomic mass is 10.2. The second-order valence-corrected chi connectivity index (χ2v) is 7.47. The second-order valence-electron chi connectivity index (χ2n) is 6.44. The van der Waals surface area contributed by atoms with Gasteiger partial charge in [0.1, 0.15) is 5.82 Å². The van der Waals surface area contributed by atoms with Crippen LogP contribution in [-0.2, 0) is 24.2 Å².